The minimum Gasteiger partial charge on any atom is -0.491 e. The molecule has 1 saturated heterocycles. The number of nitrogens with one attached hydrogen (secondary N) is 1. The minimum absolute atomic E-state index is 0.0301. The van der Waals surface area contributed by atoms with E-state index in [0.29, 0.717) is 35.8 Å². The predicted octanol–water partition coefficient (Wildman–Crippen LogP) is 2.64. The van der Waals surface area contributed by atoms with Crippen LogP contribution in [0.2, 0.25) is 0 Å². The van der Waals surface area contributed by atoms with Crippen molar-refractivity contribution in [2.45, 2.75) is 25.8 Å². The predicted molar refractivity (Wildman–Crippen MR) is 101 cm³/mol. The monoisotopic (exact) mass is 381 g/mol. The molecule has 0 unspecified atom stereocenters. The number of aromatic nitrogens is 3. The number of carbonyl (C=O) groups excluding carboxylic acids is 1. The van der Waals surface area contributed by atoms with E-state index in [1.165, 1.54) is 6.07 Å². The van der Waals surface area contributed by atoms with E-state index >= 15 is 0 Å². The van der Waals surface area contributed by atoms with Crippen molar-refractivity contribution >= 4 is 17.4 Å². The SMILES string of the molecule is Cc1nn2ccc3nc2c1C(=O)NCCOc1ccc(F)cc1[C@@H]1CCCN31. The average molecular weight is 381 g/mol. The normalized spacial score (nSPS) is 19.3. The van der Waals surface area contributed by atoms with E-state index in [4.69, 9.17) is 9.72 Å². The summed E-state index contributed by atoms with van der Waals surface area (Å²) < 4.78 is 21.6. The number of ether oxygens (including phenoxy) is 1. The maximum atomic E-state index is 14.0. The van der Waals surface area contributed by atoms with E-state index in [2.05, 4.69) is 15.3 Å². The molecule has 1 N–H and O–H groups in total. The molecule has 7 nitrogen and oxygen atoms in total. The molecule has 2 aromatic heterocycles. The van der Waals surface area contributed by atoms with Crippen molar-refractivity contribution in [3.05, 3.63) is 53.1 Å². The van der Waals surface area contributed by atoms with Crippen molar-refractivity contribution in [2.24, 2.45) is 0 Å². The summed E-state index contributed by atoms with van der Waals surface area (Å²) in [4.78, 5) is 19.6. The summed E-state index contributed by atoms with van der Waals surface area (Å²) in [6.45, 7) is 3.24. The Morgan fingerprint density at radius 1 is 1.32 bits per heavy atom. The summed E-state index contributed by atoms with van der Waals surface area (Å²) in [5, 5.41) is 7.27. The molecular weight excluding hydrogens is 361 g/mol. The number of halogens is 1. The summed E-state index contributed by atoms with van der Waals surface area (Å²) in [6, 6.07) is 6.47. The van der Waals surface area contributed by atoms with Gasteiger partial charge in [-0.3, -0.25) is 4.79 Å². The van der Waals surface area contributed by atoms with Gasteiger partial charge in [0.15, 0.2) is 5.65 Å². The highest BCUT2D eigenvalue weighted by Crippen LogP contribution is 2.40. The lowest BCUT2D eigenvalue weighted by Gasteiger charge is -2.27. The van der Waals surface area contributed by atoms with Gasteiger partial charge < -0.3 is 15.0 Å². The molecule has 8 heteroatoms. The molecule has 0 spiro atoms. The molecule has 28 heavy (non-hydrogen) atoms. The Balaban J connectivity index is 1.69. The van der Waals surface area contributed by atoms with E-state index in [0.717, 1.165) is 30.8 Å². The molecule has 4 heterocycles. The van der Waals surface area contributed by atoms with Gasteiger partial charge in [-0.15, -0.1) is 0 Å². The van der Waals surface area contributed by atoms with Crippen molar-refractivity contribution in [1.29, 1.82) is 0 Å². The first-order chi connectivity index (χ1) is 13.6. The molecular formula is C20H20FN5O2. The van der Waals surface area contributed by atoms with Crippen LogP contribution < -0.4 is 15.0 Å². The van der Waals surface area contributed by atoms with Crippen LogP contribution in [-0.2, 0) is 0 Å². The lowest BCUT2D eigenvalue weighted by atomic mass is 10.0. The standard InChI is InChI=1S/C20H20FN5O2/c1-12-18-19-23-17(6-9-26(19)24-12)25-8-2-3-15(25)14-11-13(21)4-5-16(14)28-10-7-22-20(18)27/h4-6,9,11,15H,2-3,7-8,10H2,1H3,(H,22,27)/t15-/m0/s1. The van der Waals surface area contributed by atoms with Gasteiger partial charge in [-0.2, -0.15) is 5.10 Å². The van der Waals surface area contributed by atoms with E-state index in [1.54, 1.807) is 23.6 Å². The third-order valence-electron chi connectivity index (χ3n) is 5.40. The van der Waals surface area contributed by atoms with Gasteiger partial charge in [-0.05, 0) is 44.0 Å². The number of carbonyl (C=O) groups is 1. The van der Waals surface area contributed by atoms with Gasteiger partial charge in [0.1, 0.15) is 29.6 Å². The third-order valence-corrected chi connectivity index (χ3v) is 5.40. The fourth-order valence-corrected chi connectivity index (χ4v) is 4.14. The number of benzene rings is 1. The molecule has 3 aromatic rings. The Hall–Kier alpha value is -3.16. The number of aryl methyl sites for hydroxylation is 1. The van der Waals surface area contributed by atoms with Gasteiger partial charge in [0.2, 0.25) is 0 Å². The minimum atomic E-state index is -0.288. The van der Waals surface area contributed by atoms with Crippen LogP contribution >= 0.6 is 0 Å². The van der Waals surface area contributed by atoms with Crippen molar-refractivity contribution in [1.82, 2.24) is 19.9 Å². The van der Waals surface area contributed by atoms with Gasteiger partial charge >= 0.3 is 0 Å². The Morgan fingerprint density at radius 3 is 3.11 bits per heavy atom. The molecule has 0 aliphatic carbocycles. The van der Waals surface area contributed by atoms with Crippen LogP contribution in [0.15, 0.2) is 30.5 Å². The Kier molecular flexibility index (Phi) is 3.92. The molecule has 1 amide bonds. The summed E-state index contributed by atoms with van der Waals surface area (Å²) >= 11 is 0. The first-order valence-corrected chi connectivity index (χ1v) is 9.45. The largest absolute Gasteiger partial charge is 0.491 e. The van der Waals surface area contributed by atoms with Crippen molar-refractivity contribution in [3.63, 3.8) is 0 Å². The zero-order chi connectivity index (χ0) is 19.3. The van der Waals surface area contributed by atoms with Crippen LogP contribution in [-0.4, -0.2) is 40.2 Å². The number of hydrogen-bond donors (Lipinski definition) is 1. The Bertz CT molecular complexity index is 1080. The van der Waals surface area contributed by atoms with Crippen LogP contribution in [0.4, 0.5) is 10.2 Å². The maximum absolute atomic E-state index is 14.0. The molecule has 5 rings (SSSR count). The topological polar surface area (TPSA) is 71.8 Å². The van der Waals surface area contributed by atoms with Crippen LogP contribution in [0.1, 0.15) is 40.5 Å². The van der Waals surface area contributed by atoms with Gasteiger partial charge in [-0.25, -0.2) is 13.9 Å². The lowest BCUT2D eigenvalue weighted by molar-refractivity contribution is 0.0948. The van der Waals surface area contributed by atoms with E-state index in [1.807, 2.05) is 12.3 Å². The number of fused-ring (bicyclic) bond motifs is 5. The second-order valence-electron chi connectivity index (χ2n) is 7.15. The lowest BCUT2D eigenvalue weighted by Crippen LogP contribution is -2.28. The first-order valence-electron chi connectivity index (χ1n) is 9.45. The second kappa shape index (κ2) is 6.47. The number of anilines is 1. The molecule has 144 valence electrons. The smallest absolute Gasteiger partial charge is 0.257 e. The van der Waals surface area contributed by atoms with Gasteiger partial charge in [0.05, 0.1) is 18.3 Å². The highest BCUT2D eigenvalue weighted by Gasteiger charge is 2.31. The van der Waals surface area contributed by atoms with Crippen molar-refractivity contribution in [2.75, 3.05) is 24.6 Å². The summed E-state index contributed by atoms with van der Waals surface area (Å²) in [5.74, 6) is 0.881. The second-order valence-corrected chi connectivity index (χ2v) is 7.15. The van der Waals surface area contributed by atoms with Crippen LogP contribution in [0.25, 0.3) is 5.65 Å². The molecule has 1 aromatic carbocycles. The zero-order valence-corrected chi connectivity index (χ0v) is 15.5. The first kappa shape index (κ1) is 17.0. The molecule has 0 saturated carbocycles. The molecule has 2 aliphatic heterocycles. The molecule has 1 atom stereocenters. The molecule has 0 radical (unpaired) electrons. The number of rotatable bonds is 0. The highest BCUT2D eigenvalue weighted by molar-refractivity contribution is 6.01. The molecule has 1 fully saturated rings. The van der Waals surface area contributed by atoms with Crippen LogP contribution in [0, 0.1) is 12.7 Å². The van der Waals surface area contributed by atoms with E-state index < -0.39 is 0 Å². The number of amides is 1. The van der Waals surface area contributed by atoms with Gasteiger partial charge in [-0.1, -0.05) is 0 Å². The summed E-state index contributed by atoms with van der Waals surface area (Å²) in [5.41, 5.74) is 2.44. The summed E-state index contributed by atoms with van der Waals surface area (Å²) in [6.07, 6.45) is 3.67. The molecule has 2 bridgehead atoms. The van der Waals surface area contributed by atoms with Crippen LogP contribution in [0.5, 0.6) is 5.75 Å². The van der Waals surface area contributed by atoms with Gasteiger partial charge in [0, 0.05) is 18.3 Å². The molecule has 2 aliphatic rings. The highest BCUT2D eigenvalue weighted by atomic mass is 19.1. The fourth-order valence-electron chi connectivity index (χ4n) is 4.14. The van der Waals surface area contributed by atoms with E-state index in [-0.39, 0.29) is 17.8 Å². The number of nitrogens with zero attached hydrogens (tertiary/aromatic N) is 4. The fraction of sp³-hybridized carbons (Fsp3) is 0.350. The maximum Gasteiger partial charge on any atom is 0.257 e. The van der Waals surface area contributed by atoms with Gasteiger partial charge in [0.25, 0.3) is 5.91 Å². The Labute approximate surface area is 161 Å². The van der Waals surface area contributed by atoms with E-state index in [9.17, 15) is 9.18 Å². The number of hydrogen-bond acceptors (Lipinski definition) is 5. The average Bonchev–Trinajstić information content (AvgIpc) is 3.28. The van der Waals surface area contributed by atoms with Crippen LogP contribution in [0.3, 0.4) is 0 Å². The van der Waals surface area contributed by atoms with Crippen molar-refractivity contribution in [3.8, 4) is 5.75 Å². The third kappa shape index (κ3) is 2.67. The summed E-state index contributed by atoms with van der Waals surface area (Å²) in [7, 11) is 0. The van der Waals surface area contributed by atoms with Crippen molar-refractivity contribution < 1.29 is 13.9 Å². The quantitative estimate of drug-likeness (QED) is 0.648. The Morgan fingerprint density at radius 2 is 2.21 bits per heavy atom. The zero-order valence-electron chi connectivity index (χ0n) is 15.5.